The molecule has 1 aromatic heterocycles. The summed E-state index contributed by atoms with van der Waals surface area (Å²) in [5.74, 6) is -2.12. The van der Waals surface area contributed by atoms with Gasteiger partial charge in [-0.25, -0.2) is 18.2 Å². The number of benzene rings is 1. The third-order valence-corrected chi connectivity index (χ3v) is 13.2. The van der Waals surface area contributed by atoms with E-state index >= 15 is 0 Å². The molecule has 0 bridgehead atoms. The molecular weight excluding hydrogens is 731 g/mol. The number of allylic oxidation sites excluding steroid dienone is 1. The van der Waals surface area contributed by atoms with E-state index in [1.54, 1.807) is 41.0 Å². The first-order valence-corrected chi connectivity index (χ1v) is 20.4. The molecule has 0 radical (unpaired) electrons. The summed E-state index contributed by atoms with van der Waals surface area (Å²) in [5.41, 5.74) is -2.39. The Morgan fingerprint density at radius 2 is 1.82 bits per heavy atom. The Labute approximate surface area is 322 Å². The van der Waals surface area contributed by atoms with Gasteiger partial charge in [-0.2, -0.15) is 0 Å². The minimum absolute atomic E-state index is 0.0162. The fraction of sp³-hybridized carbons (Fsp3) is 0.615. The molecule has 1 aromatic carbocycles. The van der Waals surface area contributed by atoms with Gasteiger partial charge in [0.15, 0.2) is 0 Å². The normalized spacial score (nSPS) is 28.7. The van der Waals surface area contributed by atoms with Crippen LogP contribution in [0.5, 0.6) is 11.6 Å². The number of ether oxygens (including phenoxy) is 4. The van der Waals surface area contributed by atoms with Gasteiger partial charge in [-0.1, -0.05) is 36.8 Å². The number of alkyl carbamates (subject to hydrolysis) is 1. The second kappa shape index (κ2) is 15.6. The summed E-state index contributed by atoms with van der Waals surface area (Å²) >= 11 is 0. The molecule has 3 N–H and O–H groups in total. The number of aromatic nitrogens is 1. The number of nitrogens with zero attached hydrogens (tertiary/aromatic N) is 2. The number of methoxy groups -OCH3 is 2. The van der Waals surface area contributed by atoms with Gasteiger partial charge in [-0.05, 0) is 72.3 Å². The van der Waals surface area contributed by atoms with Gasteiger partial charge >= 0.3 is 6.09 Å². The van der Waals surface area contributed by atoms with Crippen LogP contribution in [-0.2, 0) is 33.9 Å². The van der Waals surface area contributed by atoms with Gasteiger partial charge < -0.3 is 34.5 Å². The number of hydrogen-bond acceptors (Lipinski definition) is 11. The Bertz CT molecular complexity index is 1940. The molecule has 2 aliphatic carbocycles. The van der Waals surface area contributed by atoms with Gasteiger partial charge in [0.25, 0.3) is 5.91 Å². The molecule has 300 valence electrons. The average Bonchev–Trinajstić information content (AvgIpc) is 4.00. The van der Waals surface area contributed by atoms with E-state index in [0.29, 0.717) is 43.2 Å². The first-order chi connectivity index (χ1) is 26.0. The summed E-state index contributed by atoms with van der Waals surface area (Å²) in [7, 11) is -0.936. The van der Waals surface area contributed by atoms with Gasteiger partial charge in [0.1, 0.15) is 35.1 Å². The van der Waals surface area contributed by atoms with Crippen molar-refractivity contribution >= 4 is 44.6 Å². The molecule has 2 aliphatic heterocycles. The zero-order valence-corrected chi connectivity index (χ0v) is 33.2. The highest BCUT2D eigenvalue weighted by molar-refractivity contribution is 7.91. The molecule has 16 heteroatoms. The lowest BCUT2D eigenvalue weighted by atomic mass is 9.92. The fourth-order valence-corrected chi connectivity index (χ4v) is 8.79. The van der Waals surface area contributed by atoms with E-state index in [1.807, 2.05) is 36.4 Å². The van der Waals surface area contributed by atoms with Gasteiger partial charge in [0.2, 0.25) is 27.7 Å². The lowest BCUT2D eigenvalue weighted by Crippen LogP contribution is -2.60. The number of amides is 4. The van der Waals surface area contributed by atoms with E-state index in [4.69, 9.17) is 18.9 Å². The van der Waals surface area contributed by atoms with Crippen LogP contribution in [0.1, 0.15) is 79.1 Å². The third-order valence-electron chi connectivity index (χ3n) is 11.0. The summed E-state index contributed by atoms with van der Waals surface area (Å²) in [6.07, 6.45) is 7.47. The third kappa shape index (κ3) is 8.69. The van der Waals surface area contributed by atoms with Gasteiger partial charge in [-0.15, -0.1) is 0 Å². The minimum Gasteiger partial charge on any atom is -0.494 e. The van der Waals surface area contributed by atoms with Gasteiger partial charge in [0, 0.05) is 36.1 Å². The summed E-state index contributed by atoms with van der Waals surface area (Å²) in [4.78, 5) is 62.4. The summed E-state index contributed by atoms with van der Waals surface area (Å²) in [5, 5.41) is 7.11. The quantitative estimate of drug-likeness (QED) is 0.314. The molecule has 6 atom stereocenters. The SMILES string of the molecule is COC[C@@H]1CCCC/C=C\[C@H]2C[C@]2(C(=O)NS(=O)(=O)C2(C)CC2)NC(=O)[C@@H]2C[C@@H](Oc3ncc(OC)c4ccccc34)CN2C(=O)[C@H]1NC(=O)OC(C)(C)C. The molecule has 6 rings (SSSR count). The molecule has 3 heterocycles. The van der Waals surface area contributed by atoms with E-state index < -0.39 is 79.7 Å². The number of pyridine rings is 1. The molecule has 4 aliphatic rings. The zero-order chi connectivity index (χ0) is 39.8. The van der Waals surface area contributed by atoms with Crippen molar-refractivity contribution in [3.05, 3.63) is 42.6 Å². The van der Waals surface area contributed by atoms with Crippen LogP contribution in [0.2, 0.25) is 0 Å². The Balaban J connectivity index is 1.36. The van der Waals surface area contributed by atoms with E-state index in [2.05, 4.69) is 20.3 Å². The fourth-order valence-electron chi connectivity index (χ4n) is 7.48. The van der Waals surface area contributed by atoms with Crippen molar-refractivity contribution in [3.8, 4) is 11.6 Å². The first-order valence-electron chi connectivity index (χ1n) is 18.9. The van der Waals surface area contributed by atoms with Crippen molar-refractivity contribution in [2.45, 2.75) is 113 Å². The molecule has 1 saturated heterocycles. The number of carbonyl (C=O) groups excluding carboxylic acids is 4. The molecule has 15 nitrogen and oxygen atoms in total. The average molecular weight is 784 g/mol. The lowest BCUT2D eigenvalue weighted by molar-refractivity contribution is -0.142. The Morgan fingerprint density at radius 3 is 2.49 bits per heavy atom. The van der Waals surface area contributed by atoms with E-state index in [0.717, 1.165) is 11.8 Å². The van der Waals surface area contributed by atoms with Crippen molar-refractivity contribution < 1.29 is 46.5 Å². The van der Waals surface area contributed by atoms with Crippen LogP contribution >= 0.6 is 0 Å². The number of nitrogens with one attached hydrogen (secondary N) is 3. The van der Waals surface area contributed by atoms with Crippen LogP contribution in [-0.4, -0.2) is 104 Å². The number of rotatable bonds is 9. The molecule has 0 spiro atoms. The van der Waals surface area contributed by atoms with Crippen LogP contribution in [0.4, 0.5) is 4.79 Å². The van der Waals surface area contributed by atoms with Crippen LogP contribution < -0.4 is 24.8 Å². The molecule has 0 unspecified atom stereocenters. The molecule has 3 fully saturated rings. The molecule has 4 amide bonds. The topological polar surface area (TPSA) is 192 Å². The Morgan fingerprint density at radius 1 is 1.09 bits per heavy atom. The van der Waals surface area contributed by atoms with Crippen LogP contribution in [0.25, 0.3) is 10.8 Å². The smallest absolute Gasteiger partial charge is 0.408 e. The minimum atomic E-state index is -4.01. The van der Waals surface area contributed by atoms with Crippen LogP contribution in [0.3, 0.4) is 0 Å². The van der Waals surface area contributed by atoms with Gasteiger partial charge in [-0.3, -0.25) is 19.1 Å². The highest BCUT2D eigenvalue weighted by Gasteiger charge is 2.63. The maximum atomic E-state index is 14.9. The van der Waals surface area contributed by atoms with Crippen LogP contribution in [0.15, 0.2) is 42.6 Å². The molecular formula is C39H53N5O10S. The summed E-state index contributed by atoms with van der Waals surface area (Å²) in [6.45, 7) is 6.84. The highest BCUT2D eigenvalue weighted by Crippen LogP contribution is 2.47. The maximum absolute atomic E-state index is 14.9. The zero-order valence-electron chi connectivity index (χ0n) is 32.4. The first kappa shape index (κ1) is 40.2. The largest absolute Gasteiger partial charge is 0.494 e. The molecule has 55 heavy (non-hydrogen) atoms. The summed E-state index contributed by atoms with van der Waals surface area (Å²) < 4.78 is 50.7. The monoisotopic (exact) mass is 783 g/mol. The maximum Gasteiger partial charge on any atom is 0.408 e. The predicted octanol–water partition coefficient (Wildman–Crippen LogP) is 3.75. The second-order valence-corrected chi connectivity index (χ2v) is 18.6. The van der Waals surface area contributed by atoms with Crippen LogP contribution in [0, 0.1) is 11.8 Å². The number of sulfonamides is 1. The second-order valence-electron chi connectivity index (χ2n) is 16.4. The molecule has 2 aromatic rings. The number of fused-ring (bicyclic) bond motifs is 3. The predicted molar refractivity (Wildman–Crippen MR) is 203 cm³/mol. The number of hydrogen-bond donors (Lipinski definition) is 3. The van der Waals surface area contributed by atoms with Gasteiger partial charge in [0.05, 0.1) is 31.2 Å². The van der Waals surface area contributed by atoms with E-state index in [-0.39, 0.29) is 31.9 Å². The lowest BCUT2D eigenvalue weighted by Gasteiger charge is -2.33. The van der Waals surface area contributed by atoms with Crippen molar-refractivity contribution in [3.63, 3.8) is 0 Å². The Kier molecular flexibility index (Phi) is 11.4. The van der Waals surface area contributed by atoms with Crippen molar-refractivity contribution in [2.75, 3.05) is 27.4 Å². The summed E-state index contributed by atoms with van der Waals surface area (Å²) in [6, 6.07) is 5.10. The highest BCUT2D eigenvalue weighted by atomic mass is 32.2. The van der Waals surface area contributed by atoms with E-state index in [9.17, 15) is 27.6 Å². The standard InChI is InChI=1S/C39H53N5O10S/c1-37(2,3)54-36(48)41-31-24(23-51-5)13-9-7-8-10-14-25-20-39(25,35(47)43-55(49,50)38(4)17-18-38)42-32(45)29-19-26(22-44(29)34(31)46)53-33-28-16-12-11-15-27(28)30(52-6)21-40-33/h10-12,14-16,21,24-26,29,31H,7-9,13,17-20,22-23H2,1-6H3,(H,41,48)(H,42,45)(H,43,47)/b14-10-/t24-,25-,26+,29-,31-,39-/m0/s1. The van der Waals surface area contributed by atoms with E-state index in [1.165, 1.54) is 12.0 Å². The van der Waals surface area contributed by atoms with Crippen molar-refractivity contribution in [1.82, 2.24) is 25.2 Å². The van der Waals surface area contributed by atoms with Crippen molar-refractivity contribution in [1.29, 1.82) is 0 Å². The number of carbonyl (C=O) groups is 4. The Hall–Kier alpha value is -4.44. The van der Waals surface area contributed by atoms with Crippen molar-refractivity contribution in [2.24, 2.45) is 11.8 Å². The molecule has 2 saturated carbocycles.